The number of hydrogen-bond acceptors (Lipinski definition) is 9. The Bertz CT molecular complexity index is 1510. The number of nitrogens with two attached hydrogens (primary N) is 1. The molecular formula is C34H45N5O7S. The second-order valence-electron chi connectivity index (χ2n) is 11.7. The molecule has 0 aliphatic heterocycles. The van der Waals surface area contributed by atoms with Crippen molar-refractivity contribution in [3.05, 3.63) is 107 Å². The second kappa shape index (κ2) is 18.8. The smallest absolute Gasteiger partial charge is 0.408 e. The van der Waals surface area contributed by atoms with Gasteiger partial charge in [-0.15, -0.1) is 0 Å². The Hall–Kier alpha value is -4.17. The molecule has 0 unspecified atom stereocenters. The molecule has 0 saturated carbocycles. The predicted octanol–water partition coefficient (Wildman–Crippen LogP) is 3.72. The highest BCUT2D eigenvalue weighted by atomic mass is 32.2. The molecular weight excluding hydrogens is 622 g/mol. The van der Waals surface area contributed by atoms with Crippen molar-refractivity contribution in [1.29, 1.82) is 0 Å². The van der Waals surface area contributed by atoms with Crippen molar-refractivity contribution in [3.63, 3.8) is 0 Å². The minimum absolute atomic E-state index is 0.00343. The lowest BCUT2D eigenvalue weighted by Gasteiger charge is -2.31. The zero-order valence-electron chi connectivity index (χ0n) is 26.8. The maximum Gasteiger partial charge on any atom is 0.408 e. The molecule has 0 saturated heterocycles. The van der Waals surface area contributed by atoms with Gasteiger partial charge in [0.15, 0.2) is 0 Å². The number of carbonyl (C=O) groups excluding carboxylic acids is 2. The van der Waals surface area contributed by atoms with Gasteiger partial charge < -0.3 is 26.2 Å². The van der Waals surface area contributed by atoms with Gasteiger partial charge in [0.2, 0.25) is 15.9 Å². The van der Waals surface area contributed by atoms with E-state index >= 15 is 0 Å². The van der Waals surface area contributed by atoms with Crippen LogP contribution in [0.2, 0.25) is 0 Å². The van der Waals surface area contributed by atoms with E-state index in [4.69, 9.17) is 10.5 Å². The number of benzene rings is 3. The van der Waals surface area contributed by atoms with E-state index in [-0.39, 0.29) is 56.4 Å². The van der Waals surface area contributed by atoms with Crippen LogP contribution in [0.15, 0.2) is 95.0 Å². The van der Waals surface area contributed by atoms with Crippen molar-refractivity contribution in [3.8, 4) is 0 Å². The fourth-order valence-corrected chi connectivity index (χ4v) is 6.56. The van der Waals surface area contributed by atoms with Crippen LogP contribution >= 0.6 is 0 Å². The molecule has 5 N–H and O–H groups in total. The quantitative estimate of drug-likeness (QED) is 0.140. The van der Waals surface area contributed by atoms with Crippen molar-refractivity contribution >= 4 is 22.0 Å². The van der Waals surface area contributed by atoms with Crippen LogP contribution in [0.5, 0.6) is 0 Å². The maximum atomic E-state index is 13.8. The van der Waals surface area contributed by atoms with E-state index in [2.05, 4.69) is 15.8 Å². The fraction of sp³-hybridized carbons (Fsp3) is 0.412. The van der Waals surface area contributed by atoms with Crippen LogP contribution in [0.3, 0.4) is 0 Å². The van der Waals surface area contributed by atoms with Gasteiger partial charge in [-0.2, -0.15) is 9.21 Å². The number of aliphatic hydroxyl groups is 1. The number of ether oxygens (including phenoxy) is 1. The summed E-state index contributed by atoms with van der Waals surface area (Å²) in [6.45, 7) is 3.75. The molecule has 0 spiro atoms. The van der Waals surface area contributed by atoms with Crippen LogP contribution in [0.1, 0.15) is 43.4 Å². The molecule has 0 radical (unpaired) electrons. The second-order valence-corrected chi connectivity index (χ2v) is 13.6. The first-order valence-electron chi connectivity index (χ1n) is 15.6. The number of nitroso groups, excluding NO2 is 1. The molecule has 3 atom stereocenters. The number of carbonyl (C=O) groups is 2. The number of amides is 2. The van der Waals surface area contributed by atoms with E-state index in [0.717, 1.165) is 11.1 Å². The summed E-state index contributed by atoms with van der Waals surface area (Å²) >= 11 is 0. The van der Waals surface area contributed by atoms with Gasteiger partial charge >= 0.3 is 6.09 Å². The molecule has 47 heavy (non-hydrogen) atoms. The third-order valence-electron chi connectivity index (χ3n) is 7.38. The highest BCUT2D eigenvalue weighted by Crippen LogP contribution is 2.20. The number of aliphatic hydroxyl groups excluding tert-OH is 1. The molecule has 0 fully saturated rings. The summed E-state index contributed by atoms with van der Waals surface area (Å²) in [4.78, 5) is 36.9. The number of sulfonamides is 1. The summed E-state index contributed by atoms with van der Waals surface area (Å²) in [6.07, 6.45) is -1.26. The first kappa shape index (κ1) is 37.3. The molecule has 254 valence electrons. The number of hydrogen-bond donors (Lipinski definition) is 4. The average molecular weight is 668 g/mol. The molecule has 0 aliphatic carbocycles. The van der Waals surface area contributed by atoms with Crippen molar-refractivity contribution in [2.75, 3.05) is 19.6 Å². The van der Waals surface area contributed by atoms with E-state index in [1.165, 1.54) is 28.6 Å². The molecule has 0 bridgehead atoms. The number of alkyl carbamates (subject to hydrolysis) is 1. The van der Waals surface area contributed by atoms with Crippen LogP contribution in [-0.4, -0.2) is 67.7 Å². The largest absolute Gasteiger partial charge is 0.445 e. The monoisotopic (exact) mass is 667 g/mol. The Balaban J connectivity index is 1.82. The van der Waals surface area contributed by atoms with Gasteiger partial charge in [-0.25, -0.2) is 13.2 Å². The Morgan fingerprint density at radius 1 is 0.894 bits per heavy atom. The lowest BCUT2D eigenvalue weighted by atomic mass is 10.00. The van der Waals surface area contributed by atoms with Crippen molar-refractivity contribution < 1.29 is 27.9 Å². The molecule has 0 aromatic heterocycles. The van der Waals surface area contributed by atoms with E-state index in [9.17, 15) is 28.0 Å². The van der Waals surface area contributed by atoms with Gasteiger partial charge in [0.05, 0.1) is 17.0 Å². The number of nitrogens with one attached hydrogen (secondary N) is 2. The summed E-state index contributed by atoms with van der Waals surface area (Å²) in [5.74, 6) is -0.642. The van der Waals surface area contributed by atoms with Crippen LogP contribution in [-0.2, 0) is 39.1 Å². The Kier molecular flexibility index (Phi) is 15.0. The molecule has 3 aromatic rings. The third kappa shape index (κ3) is 12.2. The fourth-order valence-electron chi connectivity index (χ4n) is 4.94. The molecule has 0 heterocycles. The van der Waals surface area contributed by atoms with E-state index in [0.29, 0.717) is 12.0 Å². The van der Waals surface area contributed by atoms with Crippen LogP contribution in [0.4, 0.5) is 4.79 Å². The first-order chi connectivity index (χ1) is 22.5. The van der Waals surface area contributed by atoms with Gasteiger partial charge in [0.25, 0.3) is 0 Å². The number of nitrogens with zero attached hydrogens (tertiary/aromatic N) is 2. The maximum absolute atomic E-state index is 13.8. The Morgan fingerprint density at radius 3 is 2.09 bits per heavy atom. The zero-order valence-corrected chi connectivity index (χ0v) is 27.6. The molecule has 12 nitrogen and oxygen atoms in total. The lowest BCUT2D eigenvalue weighted by molar-refractivity contribution is -0.124. The predicted molar refractivity (Wildman–Crippen MR) is 179 cm³/mol. The van der Waals surface area contributed by atoms with Gasteiger partial charge in [0.1, 0.15) is 19.2 Å². The normalized spacial score (nSPS) is 13.5. The molecule has 0 aliphatic rings. The van der Waals surface area contributed by atoms with Gasteiger partial charge in [-0.05, 0) is 60.5 Å². The third-order valence-corrected chi connectivity index (χ3v) is 9.22. The first-order valence-corrected chi connectivity index (χ1v) is 17.0. The minimum atomic E-state index is -4.07. The van der Waals surface area contributed by atoms with Crippen molar-refractivity contribution in [2.24, 2.45) is 16.8 Å². The van der Waals surface area contributed by atoms with Gasteiger partial charge in [0, 0.05) is 13.1 Å². The SMILES string of the molecule is CC(C)CN(C[C@@H](O)[C@H](Cc1ccccc1)NC(=O)[C@H](CCCN)NC(=O)OCc1ccccc1)S(=O)(=O)c1ccc(CN=O)cc1. The zero-order chi connectivity index (χ0) is 34.2. The summed E-state index contributed by atoms with van der Waals surface area (Å²) in [5, 5.41) is 19.9. The van der Waals surface area contributed by atoms with Gasteiger partial charge in [-0.1, -0.05) is 91.8 Å². The van der Waals surface area contributed by atoms with E-state index < -0.39 is 40.2 Å². The Morgan fingerprint density at radius 2 is 1.51 bits per heavy atom. The standard InChI is InChI=1S/C34H45N5O7S/c1-25(2)22-39(47(44,45)29-17-15-27(16-18-29)21-36-43)23-32(40)31(20-26-10-5-3-6-11-26)37-33(41)30(14-9-19-35)38-34(42)46-24-28-12-7-4-8-13-28/h3-8,10-13,15-18,25,30-32,40H,9,14,19-24,35H2,1-2H3,(H,37,41)(H,38,42)/t30-,31-,32+/m0/s1. The topological polar surface area (TPSA) is 180 Å². The summed E-state index contributed by atoms with van der Waals surface area (Å²) < 4.78 is 34.0. The number of rotatable bonds is 19. The molecule has 3 rings (SSSR count). The van der Waals surface area contributed by atoms with Crippen LogP contribution in [0.25, 0.3) is 0 Å². The molecule has 13 heteroatoms. The van der Waals surface area contributed by atoms with Crippen molar-refractivity contribution in [1.82, 2.24) is 14.9 Å². The highest BCUT2D eigenvalue weighted by molar-refractivity contribution is 7.89. The summed E-state index contributed by atoms with van der Waals surface area (Å²) in [6, 6.07) is 22.2. The highest BCUT2D eigenvalue weighted by Gasteiger charge is 2.33. The molecule has 2 amide bonds. The summed E-state index contributed by atoms with van der Waals surface area (Å²) in [7, 11) is -4.07. The van der Waals surface area contributed by atoms with Crippen LogP contribution < -0.4 is 16.4 Å². The van der Waals surface area contributed by atoms with Gasteiger partial charge in [-0.3, -0.25) is 4.79 Å². The molecule has 3 aromatic carbocycles. The minimum Gasteiger partial charge on any atom is -0.445 e. The lowest BCUT2D eigenvalue weighted by Crippen LogP contribution is -2.55. The van der Waals surface area contributed by atoms with Crippen molar-refractivity contribution in [2.45, 2.75) is 69.3 Å². The van der Waals surface area contributed by atoms with Crippen LogP contribution in [0, 0.1) is 10.8 Å². The summed E-state index contributed by atoms with van der Waals surface area (Å²) in [5.41, 5.74) is 7.87. The van der Waals surface area contributed by atoms with E-state index in [1.807, 2.05) is 74.5 Å². The van der Waals surface area contributed by atoms with E-state index in [1.54, 1.807) is 0 Å². The average Bonchev–Trinajstić information content (AvgIpc) is 3.06. The Labute approximate surface area is 276 Å².